The first-order valence-electron chi connectivity index (χ1n) is 6.64. The minimum Gasteiger partial charge on any atom is -0.379 e. The van der Waals surface area contributed by atoms with Crippen LogP contribution in [-0.2, 0) is 16.1 Å². The van der Waals surface area contributed by atoms with E-state index in [9.17, 15) is 9.18 Å². The van der Waals surface area contributed by atoms with Crippen molar-refractivity contribution in [3.8, 4) is 0 Å². The molecule has 0 spiro atoms. The molecule has 1 aromatic rings. The van der Waals surface area contributed by atoms with Crippen molar-refractivity contribution >= 4 is 21.8 Å². The Bertz CT molecular complexity index is 484. The van der Waals surface area contributed by atoms with Crippen LogP contribution in [0.15, 0.2) is 22.7 Å². The van der Waals surface area contributed by atoms with Crippen molar-refractivity contribution in [2.75, 3.05) is 19.8 Å². The van der Waals surface area contributed by atoms with E-state index in [-0.39, 0.29) is 30.2 Å². The predicted octanol–water partition coefficient (Wildman–Crippen LogP) is 1.83. The monoisotopic (exact) mass is 344 g/mol. The van der Waals surface area contributed by atoms with Crippen LogP contribution in [0.3, 0.4) is 0 Å². The molecule has 1 aliphatic rings. The Labute approximate surface area is 126 Å². The van der Waals surface area contributed by atoms with Gasteiger partial charge in [-0.3, -0.25) is 4.79 Å². The quantitative estimate of drug-likeness (QED) is 0.856. The summed E-state index contributed by atoms with van der Waals surface area (Å²) in [6, 6.07) is 4.72. The largest absolute Gasteiger partial charge is 0.379 e. The summed E-state index contributed by atoms with van der Waals surface area (Å²) in [7, 11) is 0. The Morgan fingerprint density at radius 1 is 1.50 bits per heavy atom. The van der Waals surface area contributed by atoms with Crippen molar-refractivity contribution < 1.29 is 13.9 Å². The van der Waals surface area contributed by atoms with Crippen molar-refractivity contribution in [2.24, 2.45) is 5.92 Å². The molecule has 0 aromatic heterocycles. The van der Waals surface area contributed by atoms with Gasteiger partial charge in [-0.15, -0.1) is 0 Å². The first kappa shape index (κ1) is 15.4. The highest BCUT2D eigenvalue weighted by Crippen LogP contribution is 2.17. The number of hydrogen-bond donors (Lipinski definition) is 2. The molecule has 0 saturated carbocycles. The minimum atomic E-state index is -0.320. The Kier molecular flexibility index (Phi) is 5.51. The summed E-state index contributed by atoms with van der Waals surface area (Å²) in [6.45, 7) is 3.91. The van der Waals surface area contributed by atoms with Crippen molar-refractivity contribution in [3.63, 3.8) is 0 Å². The van der Waals surface area contributed by atoms with E-state index < -0.39 is 0 Å². The fourth-order valence-electron chi connectivity index (χ4n) is 2.27. The summed E-state index contributed by atoms with van der Waals surface area (Å²) in [4.78, 5) is 12.1. The summed E-state index contributed by atoms with van der Waals surface area (Å²) < 4.78 is 19.7. The number of carbonyl (C=O) groups is 1. The van der Waals surface area contributed by atoms with Gasteiger partial charge in [-0.05, 0) is 24.7 Å². The molecule has 1 amide bonds. The second kappa shape index (κ2) is 7.15. The lowest BCUT2D eigenvalue weighted by atomic mass is 10.0. The average Bonchev–Trinajstić information content (AvgIpc) is 2.88. The van der Waals surface area contributed by atoms with Gasteiger partial charge < -0.3 is 15.4 Å². The number of likely N-dealkylation sites (N-methyl/N-ethyl adjacent to an activating group) is 1. The number of carbonyl (C=O) groups excluding carboxylic acids is 1. The Morgan fingerprint density at radius 3 is 3.05 bits per heavy atom. The zero-order valence-corrected chi connectivity index (χ0v) is 12.9. The van der Waals surface area contributed by atoms with Crippen molar-refractivity contribution in [1.82, 2.24) is 10.6 Å². The third-order valence-corrected chi connectivity index (χ3v) is 3.84. The third kappa shape index (κ3) is 3.77. The normalized spacial score (nSPS) is 21.9. The summed E-state index contributed by atoms with van der Waals surface area (Å²) in [5.41, 5.74) is 0.464. The fraction of sp³-hybridized carbons (Fsp3) is 0.500. The molecule has 0 aliphatic carbocycles. The molecule has 4 nitrogen and oxygen atoms in total. The lowest BCUT2D eigenvalue weighted by molar-refractivity contribution is -0.125. The van der Waals surface area contributed by atoms with Gasteiger partial charge in [0.2, 0.25) is 5.91 Å². The first-order chi connectivity index (χ1) is 9.61. The number of benzene rings is 1. The van der Waals surface area contributed by atoms with E-state index >= 15 is 0 Å². The van der Waals surface area contributed by atoms with E-state index in [1.54, 1.807) is 12.1 Å². The molecule has 20 heavy (non-hydrogen) atoms. The van der Waals surface area contributed by atoms with Crippen LogP contribution in [0, 0.1) is 11.7 Å². The van der Waals surface area contributed by atoms with Gasteiger partial charge in [0.05, 0.1) is 19.1 Å². The summed E-state index contributed by atoms with van der Waals surface area (Å²) in [5, 5.41) is 6.00. The number of halogens is 2. The van der Waals surface area contributed by atoms with Crippen molar-refractivity contribution in [1.29, 1.82) is 0 Å². The maximum Gasteiger partial charge on any atom is 0.227 e. The average molecular weight is 345 g/mol. The smallest absolute Gasteiger partial charge is 0.227 e. The van der Waals surface area contributed by atoms with Crippen LogP contribution in [0.1, 0.15) is 12.5 Å². The molecule has 1 aromatic carbocycles. The minimum absolute atomic E-state index is 0.0346. The highest BCUT2D eigenvalue weighted by Gasteiger charge is 2.33. The summed E-state index contributed by atoms with van der Waals surface area (Å²) >= 11 is 3.29. The summed E-state index contributed by atoms with van der Waals surface area (Å²) in [5.74, 6) is -0.641. The van der Waals surface area contributed by atoms with Crippen LogP contribution in [0.2, 0.25) is 0 Å². The SMILES string of the molecule is CCNC1COCC1C(=O)NCc1cc(Br)ccc1F. The number of rotatable bonds is 5. The highest BCUT2D eigenvalue weighted by molar-refractivity contribution is 9.10. The fourth-order valence-corrected chi connectivity index (χ4v) is 2.68. The van der Waals surface area contributed by atoms with E-state index in [1.807, 2.05) is 6.92 Å². The summed E-state index contributed by atoms with van der Waals surface area (Å²) in [6.07, 6.45) is 0. The molecule has 2 unspecified atom stereocenters. The van der Waals surface area contributed by atoms with Crippen molar-refractivity contribution in [2.45, 2.75) is 19.5 Å². The molecular formula is C14H18BrFN2O2. The maximum absolute atomic E-state index is 13.6. The van der Waals surface area contributed by atoms with Crippen LogP contribution in [0.25, 0.3) is 0 Å². The third-order valence-electron chi connectivity index (χ3n) is 3.34. The van der Waals surface area contributed by atoms with E-state index in [0.29, 0.717) is 18.8 Å². The second-order valence-electron chi connectivity index (χ2n) is 4.76. The van der Waals surface area contributed by atoms with Crippen LogP contribution in [-0.4, -0.2) is 31.7 Å². The highest BCUT2D eigenvalue weighted by atomic mass is 79.9. The number of amides is 1. The molecule has 0 radical (unpaired) electrons. The molecule has 0 bridgehead atoms. The maximum atomic E-state index is 13.6. The van der Waals surface area contributed by atoms with Gasteiger partial charge in [0.25, 0.3) is 0 Å². The predicted molar refractivity (Wildman–Crippen MR) is 77.7 cm³/mol. The van der Waals surface area contributed by atoms with E-state index in [1.165, 1.54) is 6.07 Å². The molecular weight excluding hydrogens is 327 g/mol. The number of hydrogen-bond acceptors (Lipinski definition) is 3. The molecule has 2 N–H and O–H groups in total. The molecule has 6 heteroatoms. The number of ether oxygens (including phenoxy) is 1. The first-order valence-corrected chi connectivity index (χ1v) is 7.44. The molecule has 1 fully saturated rings. The number of nitrogens with one attached hydrogen (secondary N) is 2. The van der Waals surface area contributed by atoms with Crippen LogP contribution >= 0.6 is 15.9 Å². The molecule has 110 valence electrons. The van der Waals surface area contributed by atoms with E-state index in [0.717, 1.165) is 11.0 Å². The van der Waals surface area contributed by atoms with Gasteiger partial charge in [0.15, 0.2) is 0 Å². The van der Waals surface area contributed by atoms with E-state index in [2.05, 4.69) is 26.6 Å². The van der Waals surface area contributed by atoms with E-state index in [4.69, 9.17) is 4.74 Å². The molecule has 1 heterocycles. The Hall–Kier alpha value is -0.980. The topological polar surface area (TPSA) is 50.4 Å². The van der Waals surface area contributed by atoms with Crippen LogP contribution in [0.5, 0.6) is 0 Å². The molecule has 1 saturated heterocycles. The Balaban J connectivity index is 1.93. The van der Waals surface area contributed by atoms with Gasteiger partial charge in [-0.25, -0.2) is 4.39 Å². The van der Waals surface area contributed by atoms with Gasteiger partial charge in [-0.1, -0.05) is 22.9 Å². The molecule has 2 atom stereocenters. The van der Waals surface area contributed by atoms with Gasteiger partial charge >= 0.3 is 0 Å². The Morgan fingerprint density at radius 2 is 2.30 bits per heavy atom. The second-order valence-corrected chi connectivity index (χ2v) is 5.68. The van der Waals surface area contributed by atoms with Crippen molar-refractivity contribution in [3.05, 3.63) is 34.1 Å². The van der Waals surface area contributed by atoms with Gasteiger partial charge in [-0.2, -0.15) is 0 Å². The van der Waals surface area contributed by atoms with Gasteiger partial charge in [0, 0.05) is 22.6 Å². The lowest BCUT2D eigenvalue weighted by Crippen LogP contribution is -2.43. The molecule has 1 aliphatic heterocycles. The zero-order valence-electron chi connectivity index (χ0n) is 11.3. The van der Waals surface area contributed by atoms with Gasteiger partial charge in [0.1, 0.15) is 5.82 Å². The molecule has 2 rings (SSSR count). The zero-order chi connectivity index (χ0) is 14.5. The standard InChI is InChI=1S/C14H18BrFN2O2/c1-2-17-13-8-20-7-11(13)14(19)18-6-9-5-10(15)3-4-12(9)16/h3-5,11,13,17H,2,6-8H2,1H3,(H,18,19). The van der Waals surface area contributed by atoms with Crippen LogP contribution < -0.4 is 10.6 Å². The van der Waals surface area contributed by atoms with Crippen LogP contribution in [0.4, 0.5) is 4.39 Å². The lowest BCUT2D eigenvalue weighted by Gasteiger charge is -2.18.